The van der Waals surface area contributed by atoms with Crippen LogP contribution in [-0.2, 0) is 4.74 Å². The number of methoxy groups -OCH3 is 2. The van der Waals surface area contributed by atoms with Gasteiger partial charge in [0.2, 0.25) is 5.95 Å². The molecule has 1 fully saturated rings. The zero-order chi connectivity index (χ0) is 19.8. The molecule has 8 nitrogen and oxygen atoms in total. The molecule has 1 amide bonds. The molecule has 28 heavy (non-hydrogen) atoms. The molecule has 1 aromatic heterocycles. The topological polar surface area (TPSA) is 79.8 Å². The molecule has 1 saturated heterocycles. The van der Waals surface area contributed by atoms with Gasteiger partial charge >= 0.3 is 0 Å². The summed E-state index contributed by atoms with van der Waals surface area (Å²) in [4.78, 5) is 25.3. The van der Waals surface area contributed by atoms with E-state index in [1.807, 2.05) is 12.1 Å². The van der Waals surface area contributed by atoms with Crippen molar-refractivity contribution in [3.63, 3.8) is 0 Å². The lowest BCUT2D eigenvalue weighted by atomic mass is 10.2. The smallest absolute Gasteiger partial charge is 0.254 e. The molecule has 3 rings (SSSR count). The number of amides is 1. The van der Waals surface area contributed by atoms with Crippen LogP contribution in [0.1, 0.15) is 16.8 Å². The zero-order valence-electron chi connectivity index (χ0n) is 16.4. The lowest BCUT2D eigenvalue weighted by Crippen LogP contribution is -2.47. The van der Waals surface area contributed by atoms with Gasteiger partial charge in [-0.25, -0.2) is 9.97 Å². The van der Waals surface area contributed by atoms with Crippen molar-refractivity contribution in [1.82, 2.24) is 15.3 Å². The second-order valence-corrected chi connectivity index (χ2v) is 6.55. The van der Waals surface area contributed by atoms with E-state index in [4.69, 9.17) is 9.47 Å². The number of hydrogen-bond donors (Lipinski definition) is 1. The summed E-state index contributed by atoms with van der Waals surface area (Å²) in [7, 11) is 3.31. The quantitative estimate of drug-likeness (QED) is 0.691. The zero-order valence-corrected chi connectivity index (χ0v) is 16.4. The molecule has 0 atom stereocenters. The molecule has 0 unspecified atom stereocenters. The highest BCUT2D eigenvalue weighted by Crippen LogP contribution is 2.21. The van der Waals surface area contributed by atoms with Gasteiger partial charge in [0, 0.05) is 64.5 Å². The predicted molar refractivity (Wildman–Crippen MR) is 108 cm³/mol. The Morgan fingerprint density at radius 2 is 1.68 bits per heavy atom. The summed E-state index contributed by atoms with van der Waals surface area (Å²) in [6, 6.07) is 8.10. The first-order valence-electron chi connectivity index (χ1n) is 9.44. The Labute approximate surface area is 165 Å². The summed E-state index contributed by atoms with van der Waals surface area (Å²) in [6.07, 6.45) is 3.95. The van der Waals surface area contributed by atoms with Crippen molar-refractivity contribution in [3.8, 4) is 5.75 Å². The molecule has 2 aromatic rings. The van der Waals surface area contributed by atoms with Crippen LogP contribution in [0.5, 0.6) is 5.75 Å². The van der Waals surface area contributed by atoms with Crippen LogP contribution in [0.4, 0.5) is 11.6 Å². The first kappa shape index (κ1) is 19.9. The molecule has 2 heterocycles. The van der Waals surface area contributed by atoms with E-state index in [0.717, 1.165) is 38.3 Å². The van der Waals surface area contributed by atoms with Crippen LogP contribution in [0.2, 0.25) is 0 Å². The molecule has 8 heteroatoms. The summed E-state index contributed by atoms with van der Waals surface area (Å²) < 4.78 is 10.2. The summed E-state index contributed by atoms with van der Waals surface area (Å²) in [6.45, 7) is 4.62. The minimum atomic E-state index is -0.160. The summed E-state index contributed by atoms with van der Waals surface area (Å²) >= 11 is 0. The van der Waals surface area contributed by atoms with Crippen LogP contribution in [0.25, 0.3) is 0 Å². The molecule has 1 N–H and O–H groups in total. The SMILES string of the molecule is COCCCNC(=O)c1cnc(N2CCN(c3ccc(OC)cc3)CC2)nc1. The lowest BCUT2D eigenvalue weighted by molar-refractivity contribution is 0.0948. The van der Waals surface area contributed by atoms with E-state index in [1.54, 1.807) is 26.6 Å². The van der Waals surface area contributed by atoms with Crippen molar-refractivity contribution >= 4 is 17.5 Å². The highest BCUT2D eigenvalue weighted by atomic mass is 16.5. The fraction of sp³-hybridized carbons (Fsp3) is 0.450. The average Bonchev–Trinajstić information content (AvgIpc) is 2.77. The second-order valence-electron chi connectivity index (χ2n) is 6.55. The fourth-order valence-corrected chi connectivity index (χ4v) is 3.08. The number of carbonyl (C=O) groups is 1. The summed E-state index contributed by atoms with van der Waals surface area (Å²) in [5.41, 5.74) is 1.65. The van der Waals surface area contributed by atoms with Crippen LogP contribution in [0.15, 0.2) is 36.7 Å². The van der Waals surface area contributed by atoms with Gasteiger partial charge < -0.3 is 24.6 Å². The van der Waals surface area contributed by atoms with Gasteiger partial charge in [-0.1, -0.05) is 0 Å². The fourth-order valence-electron chi connectivity index (χ4n) is 3.08. The monoisotopic (exact) mass is 385 g/mol. The molecule has 0 aliphatic carbocycles. The van der Waals surface area contributed by atoms with Crippen molar-refractivity contribution in [2.75, 3.05) is 63.4 Å². The highest BCUT2D eigenvalue weighted by Gasteiger charge is 2.19. The molecule has 0 saturated carbocycles. The molecular formula is C20H27N5O3. The number of nitrogens with zero attached hydrogens (tertiary/aromatic N) is 4. The van der Waals surface area contributed by atoms with Gasteiger partial charge in [0.05, 0.1) is 12.7 Å². The molecule has 0 bridgehead atoms. The first-order valence-corrected chi connectivity index (χ1v) is 9.44. The molecule has 1 aliphatic rings. The third-order valence-corrected chi connectivity index (χ3v) is 4.71. The number of hydrogen-bond acceptors (Lipinski definition) is 7. The Balaban J connectivity index is 1.50. The lowest BCUT2D eigenvalue weighted by Gasteiger charge is -2.36. The Morgan fingerprint density at radius 3 is 2.29 bits per heavy atom. The van der Waals surface area contributed by atoms with Crippen LogP contribution < -0.4 is 19.9 Å². The van der Waals surface area contributed by atoms with Crippen LogP contribution in [0.3, 0.4) is 0 Å². The number of nitrogens with one attached hydrogen (secondary N) is 1. The van der Waals surface area contributed by atoms with E-state index in [2.05, 4.69) is 37.2 Å². The molecule has 150 valence electrons. The summed E-state index contributed by atoms with van der Waals surface area (Å²) in [5.74, 6) is 1.36. The minimum Gasteiger partial charge on any atom is -0.497 e. The normalized spacial score (nSPS) is 14.1. The van der Waals surface area contributed by atoms with Gasteiger partial charge in [0.25, 0.3) is 5.91 Å². The maximum atomic E-state index is 12.1. The Bertz CT molecular complexity index is 743. The van der Waals surface area contributed by atoms with E-state index in [9.17, 15) is 4.79 Å². The predicted octanol–water partition coefficient (Wildman–Crippen LogP) is 1.58. The maximum absolute atomic E-state index is 12.1. The Hall–Kier alpha value is -2.87. The number of benzene rings is 1. The third-order valence-electron chi connectivity index (χ3n) is 4.71. The van der Waals surface area contributed by atoms with Crippen molar-refractivity contribution in [2.45, 2.75) is 6.42 Å². The number of ether oxygens (including phenoxy) is 2. The maximum Gasteiger partial charge on any atom is 0.254 e. The number of rotatable bonds is 8. The van der Waals surface area contributed by atoms with E-state index in [1.165, 1.54) is 5.69 Å². The van der Waals surface area contributed by atoms with Gasteiger partial charge in [-0.3, -0.25) is 4.79 Å². The molecular weight excluding hydrogens is 358 g/mol. The molecule has 0 spiro atoms. The Kier molecular flexibility index (Phi) is 7.02. The van der Waals surface area contributed by atoms with Crippen molar-refractivity contribution < 1.29 is 14.3 Å². The third kappa shape index (κ3) is 5.10. The Morgan fingerprint density at radius 1 is 1.04 bits per heavy atom. The van der Waals surface area contributed by atoms with E-state index < -0.39 is 0 Å². The molecule has 1 aliphatic heterocycles. The molecule has 1 aromatic carbocycles. The van der Waals surface area contributed by atoms with Crippen molar-refractivity contribution in [1.29, 1.82) is 0 Å². The van der Waals surface area contributed by atoms with E-state index in [0.29, 0.717) is 24.7 Å². The highest BCUT2D eigenvalue weighted by molar-refractivity contribution is 5.93. The van der Waals surface area contributed by atoms with E-state index >= 15 is 0 Å². The largest absolute Gasteiger partial charge is 0.497 e. The van der Waals surface area contributed by atoms with Gasteiger partial charge in [0.15, 0.2) is 0 Å². The number of piperazine rings is 1. The van der Waals surface area contributed by atoms with Gasteiger partial charge in [0.1, 0.15) is 5.75 Å². The van der Waals surface area contributed by atoms with Gasteiger partial charge in [-0.05, 0) is 30.7 Å². The van der Waals surface area contributed by atoms with Gasteiger partial charge in [-0.15, -0.1) is 0 Å². The average molecular weight is 385 g/mol. The van der Waals surface area contributed by atoms with Crippen molar-refractivity contribution in [3.05, 3.63) is 42.2 Å². The molecule has 0 radical (unpaired) electrons. The van der Waals surface area contributed by atoms with E-state index in [-0.39, 0.29) is 5.91 Å². The number of anilines is 2. The van der Waals surface area contributed by atoms with Crippen molar-refractivity contribution in [2.24, 2.45) is 0 Å². The summed E-state index contributed by atoms with van der Waals surface area (Å²) in [5, 5.41) is 2.84. The standard InChI is InChI=1S/C20H27N5O3/c1-27-13-3-8-21-19(26)16-14-22-20(23-15-16)25-11-9-24(10-12-25)17-4-6-18(28-2)7-5-17/h4-7,14-15H,3,8-13H2,1-2H3,(H,21,26). The van der Waals surface area contributed by atoms with Crippen LogP contribution in [-0.4, -0.2) is 69.4 Å². The van der Waals surface area contributed by atoms with Crippen LogP contribution in [0, 0.1) is 0 Å². The van der Waals surface area contributed by atoms with Crippen LogP contribution >= 0.6 is 0 Å². The number of carbonyl (C=O) groups excluding carboxylic acids is 1. The minimum absolute atomic E-state index is 0.160. The second kappa shape index (κ2) is 9.89. The first-order chi connectivity index (χ1) is 13.7. The number of aromatic nitrogens is 2. The van der Waals surface area contributed by atoms with Gasteiger partial charge in [-0.2, -0.15) is 0 Å².